The number of H-pyrrole nitrogens is 1. The van der Waals surface area contributed by atoms with Gasteiger partial charge >= 0.3 is 6.18 Å². The second kappa shape index (κ2) is 3.23. The molecule has 0 bridgehead atoms. The lowest BCUT2D eigenvalue weighted by atomic mass is 10.2. The Kier molecular flexibility index (Phi) is 2.26. The van der Waals surface area contributed by atoms with Crippen molar-refractivity contribution in [1.82, 2.24) is 9.97 Å². The highest BCUT2D eigenvalue weighted by Gasteiger charge is 2.31. The molecule has 0 unspecified atom stereocenters. The molecule has 0 aliphatic carbocycles. The maximum Gasteiger partial charge on any atom is 0.416 e. The van der Waals surface area contributed by atoms with Crippen molar-refractivity contribution in [1.29, 1.82) is 0 Å². The van der Waals surface area contributed by atoms with Gasteiger partial charge in [-0.05, 0) is 35.0 Å². The van der Waals surface area contributed by atoms with E-state index in [1.165, 1.54) is 0 Å². The average Bonchev–Trinajstić information content (AvgIpc) is 2.44. The van der Waals surface area contributed by atoms with Crippen LogP contribution in [0.5, 0.6) is 0 Å². The Morgan fingerprint density at radius 1 is 1.33 bits per heavy atom. The molecule has 0 radical (unpaired) electrons. The number of nitrogens with zero attached hydrogens (tertiary/aromatic N) is 1. The molecule has 1 N–H and O–H groups in total. The first-order valence-corrected chi connectivity index (χ1v) is 4.90. The number of aryl methyl sites for hydroxylation is 1. The number of aromatic amines is 1. The van der Waals surface area contributed by atoms with E-state index in [2.05, 4.69) is 25.9 Å². The zero-order chi connectivity index (χ0) is 11.2. The van der Waals surface area contributed by atoms with Gasteiger partial charge in [0.25, 0.3) is 0 Å². The van der Waals surface area contributed by atoms with E-state index in [4.69, 9.17) is 0 Å². The van der Waals surface area contributed by atoms with E-state index >= 15 is 0 Å². The summed E-state index contributed by atoms with van der Waals surface area (Å²) in [5.74, 6) is 0.588. The van der Waals surface area contributed by atoms with Crippen molar-refractivity contribution < 1.29 is 13.2 Å². The average molecular weight is 279 g/mol. The third kappa shape index (κ3) is 1.86. The molecule has 0 aliphatic rings. The van der Waals surface area contributed by atoms with Gasteiger partial charge in [0.15, 0.2) is 0 Å². The number of hydrogen-bond acceptors (Lipinski definition) is 1. The highest BCUT2D eigenvalue weighted by Crippen LogP contribution is 2.34. The molecule has 2 nitrogen and oxygen atoms in total. The Bertz CT molecular complexity index is 516. The van der Waals surface area contributed by atoms with Crippen molar-refractivity contribution in [3.8, 4) is 0 Å². The van der Waals surface area contributed by atoms with Gasteiger partial charge in [-0.15, -0.1) is 0 Å². The summed E-state index contributed by atoms with van der Waals surface area (Å²) in [5, 5.41) is 0. The Labute approximate surface area is 91.6 Å². The molecule has 0 amide bonds. The first kappa shape index (κ1) is 10.5. The summed E-state index contributed by atoms with van der Waals surface area (Å²) in [5.41, 5.74) is 0.209. The van der Waals surface area contributed by atoms with Crippen molar-refractivity contribution in [2.45, 2.75) is 13.1 Å². The predicted octanol–water partition coefficient (Wildman–Crippen LogP) is 3.65. The number of fused-ring (bicyclic) bond motifs is 1. The minimum atomic E-state index is -4.34. The van der Waals surface area contributed by atoms with Crippen molar-refractivity contribution in [3.05, 3.63) is 28.0 Å². The highest BCUT2D eigenvalue weighted by molar-refractivity contribution is 9.10. The van der Waals surface area contributed by atoms with Crippen LogP contribution in [0.15, 0.2) is 16.6 Å². The molecule has 0 aliphatic heterocycles. The summed E-state index contributed by atoms with van der Waals surface area (Å²) in [6.07, 6.45) is -4.34. The predicted molar refractivity (Wildman–Crippen MR) is 53.5 cm³/mol. The number of rotatable bonds is 0. The molecule has 80 valence electrons. The van der Waals surface area contributed by atoms with Crippen molar-refractivity contribution in [2.24, 2.45) is 0 Å². The molecule has 1 heterocycles. The fraction of sp³-hybridized carbons (Fsp3) is 0.222. The zero-order valence-corrected chi connectivity index (χ0v) is 9.20. The van der Waals surface area contributed by atoms with Crippen molar-refractivity contribution in [2.75, 3.05) is 0 Å². The maximum absolute atomic E-state index is 12.4. The summed E-state index contributed by atoms with van der Waals surface area (Å²) in [6, 6.07) is 2.09. The molecule has 2 aromatic rings. The number of hydrogen-bond donors (Lipinski definition) is 1. The second-order valence-corrected chi connectivity index (χ2v) is 4.03. The van der Waals surface area contributed by atoms with Gasteiger partial charge in [0.2, 0.25) is 0 Å². The molecule has 1 aromatic heterocycles. The van der Waals surface area contributed by atoms with Gasteiger partial charge in [0.05, 0.1) is 11.1 Å². The SMILES string of the molecule is Cc1nc2c(Br)cc(C(F)(F)F)cc2[nH]1. The van der Waals surface area contributed by atoms with Crippen molar-refractivity contribution >= 4 is 27.0 Å². The summed E-state index contributed by atoms with van der Waals surface area (Å²) in [6.45, 7) is 1.69. The number of halogens is 4. The number of imidazole rings is 1. The largest absolute Gasteiger partial charge is 0.416 e. The smallest absolute Gasteiger partial charge is 0.342 e. The molecule has 0 fully saturated rings. The van der Waals surface area contributed by atoms with Crippen LogP contribution in [-0.2, 0) is 6.18 Å². The lowest BCUT2D eigenvalue weighted by Gasteiger charge is -2.06. The van der Waals surface area contributed by atoms with Gasteiger partial charge in [0.1, 0.15) is 11.3 Å². The van der Waals surface area contributed by atoms with E-state index in [1.54, 1.807) is 6.92 Å². The Morgan fingerprint density at radius 3 is 2.60 bits per heavy atom. The third-order valence-electron chi connectivity index (χ3n) is 1.99. The molecule has 1 aromatic carbocycles. The fourth-order valence-electron chi connectivity index (χ4n) is 1.36. The topological polar surface area (TPSA) is 28.7 Å². The van der Waals surface area contributed by atoms with Crippen LogP contribution in [0, 0.1) is 6.92 Å². The van der Waals surface area contributed by atoms with Crippen LogP contribution < -0.4 is 0 Å². The van der Waals surface area contributed by atoms with Gasteiger partial charge in [-0.2, -0.15) is 13.2 Å². The van der Waals surface area contributed by atoms with Crippen LogP contribution >= 0.6 is 15.9 Å². The lowest BCUT2D eigenvalue weighted by molar-refractivity contribution is -0.137. The van der Waals surface area contributed by atoms with E-state index in [0.717, 1.165) is 12.1 Å². The highest BCUT2D eigenvalue weighted by atomic mass is 79.9. The van der Waals surface area contributed by atoms with Gasteiger partial charge in [0, 0.05) is 4.47 Å². The maximum atomic E-state index is 12.4. The quantitative estimate of drug-likeness (QED) is 0.783. The van der Waals surface area contributed by atoms with E-state index in [-0.39, 0.29) is 0 Å². The number of aromatic nitrogens is 2. The van der Waals surface area contributed by atoms with Crippen LogP contribution in [-0.4, -0.2) is 9.97 Å². The van der Waals surface area contributed by atoms with E-state index in [1.807, 2.05) is 0 Å². The zero-order valence-electron chi connectivity index (χ0n) is 7.61. The third-order valence-corrected chi connectivity index (χ3v) is 2.59. The van der Waals surface area contributed by atoms with Crippen LogP contribution in [0.25, 0.3) is 11.0 Å². The monoisotopic (exact) mass is 278 g/mol. The van der Waals surface area contributed by atoms with Gasteiger partial charge in [-0.3, -0.25) is 0 Å². The van der Waals surface area contributed by atoms with Gasteiger partial charge in [-0.1, -0.05) is 0 Å². The molecule has 0 saturated carbocycles. The Hall–Kier alpha value is -1.04. The molecular weight excluding hydrogens is 273 g/mol. The number of nitrogens with one attached hydrogen (secondary N) is 1. The van der Waals surface area contributed by atoms with Crippen LogP contribution in [0.4, 0.5) is 13.2 Å². The van der Waals surface area contributed by atoms with Gasteiger partial charge < -0.3 is 4.98 Å². The normalized spacial score (nSPS) is 12.3. The minimum Gasteiger partial charge on any atom is -0.342 e. The Balaban J connectivity index is 2.72. The summed E-state index contributed by atoms with van der Waals surface area (Å²) in [7, 11) is 0. The summed E-state index contributed by atoms with van der Waals surface area (Å²) >= 11 is 3.07. The second-order valence-electron chi connectivity index (χ2n) is 3.17. The molecule has 0 atom stereocenters. The number of benzene rings is 1. The molecule has 0 saturated heterocycles. The molecular formula is C9H6BrF3N2. The van der Waals surface area contributed by atoms with Crippen LogP contribution in [0.1, 0.15) is 11.4 Å². The minimum absolute atomic E-state index is 0.344. The van der Waals surface area contributed by atoms with Crippen LogP contribution in [0.3, 0.4) is 0 Å². The van der Waals surface area contributed by atoms with Gasteiger partial charge in [-0.25, -0.2) is 4.98 Å². The van der Waals surface area contributed by atoms with Crippen LogP contribution in [0.2, 0.25) is 0 Å². The summed E-state index contributed by atoms with van der Waals surface area (Å²) < 4.78 is 37.7. The fourth-order valence-corrected chi connectivity index (χ4v) is 1.91. The van der Waals surface area contributed by atoms with E-state index < -0.39 is 11.7 Å². The van der Waals surface area contributed by atoms with Crippen molar-refractivity contribution in [3.63, 3.8) is 0 Å². The number of alkyl halides is 3. The molecule has 6 heteroatoms. The Morgan fingerprint density at radius 2 is 2.00 bits per heavy atom. The first-order chi connectivity index (χ1) is 6.88. The molecule has 15 heavy (non-hydrogen) atoms. The lowest BCUT2D eigenvalue weighted by Crippen LogP contribution is -2.04. The van der Waals surface area contributed by atoms with E-state index in [0.29, 0.717) is 21.3 Å². The molecule has 0 spiro atoms. The molecule has 2 rings (SSSR count). The van der Waals surface area contributed by atoms with E-state index in [9.17, 15) is 13.2 Å². The first-order valence-electron chi connectivity index (χ1n) is 4.11. The summed E-state index contributed by atoms with van der Waals surface area (Å²) in [4.78, 5) is 6.84. The standard InChI is InChI=1S/C9H6BrF3N2/c1-4-14-7-3-5(9(11,12)13)2-6(10)8(7)15-4/h2-3H,1H3,(H,14,15).